The fourth-order valence-electron chi connectivity index (χ4n) is 3.36. The number of nitrogens with one attached hydrogen (secondary N) is 1. The van der Waals surface area contributed by atoms with Gasteiger partial charge < -0.3 is 5.32 Å². The number of hydrogen-bond acceptors (Lipinski definition) is 6. The molecule has 1 aliphatic heterocycles. The van der Waals surface area contributed by atoms with Crippen molar-refractivity contribution in [2.45, 2.75) is 25.8 Å². The molecule has 4 heterocycles. The zero-order valence-corrected chi connectivity index (χ0v) is 15.4. The minimum atomic E-state index is 0.418. The predicted molar refractivity (Wildman–Crippen MR) is 103 cm³/mol. The largest absolute Gasteiger partial charge is 0.367 e. The van der Waals surface area contributed by atoms with Crippen molar-refractivity contribution < 1.29 is 0 Å². The molecule has 0 unspecified atom stereocenters. The highest BCUT2D eigenvalue weighted by molar-refractivity contribution is 7.16. The van der Waals surface area contributed by atoms with E-state index in [9.17, 15) is 0 Å². The highest BCUT2D eigenvalue weighted by atomic mass is 32.1. The van der Waals surface area contributed by atoms with Gasteiger partial charge in [0, 0.05) is 11.4 Å². The summed E-state index contributed by atoms with van der Waals surface area (Å²) in [7, 11) is 0. The molecule has 3 aromatic heterocycles. The Bertz CT molecular complexity index is 775. The molecular weight excluding hydrogens is 336 g/mol. The SMILES string of the molecule is CC1CCN([C@@H](CNc2ncnc3sccc23)c2cccs2)CC1. The van der Waals surface area contributed by atoms with Crippen LogP contribution in [0.2, 0.25) is 0 Å². The molecule has 0 aliphatic carbocycles. The second-order valence-electron chi connectivity index (χ2n) is 6.49. The van der Waals surface area contributed by atoms with Crippen LogP contribution in [-0.2, 0) is 0 Å². The third-order valence-corrected chi connectivity index (χ3v) is 6.65. The Labute approximate surface area is 150 Å². The summed E-state index contributed by atoms with van der Waals surface area (Å²) in [6.45, 7) is 5.62. The maximum absolute atomic E-state index is 4.46. The van der Waals surface area contributed by atoms with Gasteiger partial charge >= 0.3 is 0 Å². The van der Waals surface area contributed by atoms with Crippen LogP contribution in [-0.4, -0.2) is 34.5 Å². The summed E-state index contributed by atoms with van der Waals surface area (Å²) in [4.78, 5) is 13.9. The topological polar surface area (TPSA) is 41.0 Å². The molecule has 0 aromatic carbocycles. The minimum absolute atomic E-state index is 0.418. The summed E-state index contributed by atoms with van der Waals surface area (Å²) in [6, 6.07) is 6.93. The molecule has 3 aromatic rings. The minimum Gasteiger partial charge on any atom is -0.367 e. The molecule has 1 N–H and O–H groups in total. The van der Waals surface area contributed by atoms with Crippen molar-refractivity contribution in [3.8, 4) is 0 Å². The number of piperidine rings is 1. The van der Waals surface area contributed by atoms with Gasteiger partial charge in [0.05, 0.1) is 11.4 Å². The lowest BCUT2D eigenvalue weighted by Crippen LogP contribution is -2.38. The van der Waals surface area contributed by atoms with Crippen molar-refractivity contribution in [3.63, 3.8) is 0 Å². The van der Waals surface area contributed by atoms with E-state index in [0.29, 0.717) is 6.04 Å². The number of aromatic nitrogens is 2. The first kappa shape index (κ1) is 16.0. The predicted octanol–water partition coefficient (Wildman–Crippen LogP) is 4.64. The van der Waals surface area contributed by atoms with Crippen molar-refractivity contribution >= 4 is 38.7 Å². The highest BCUT2D eigenvalue weighted by Crippen LogP contribution is 2.31. The van der Waals surface area contributed by atoms with E-state index in [-0.39, 0.29) is 0 Å². The standard InChI is InChI=1S/C18H22N4S2/c1-13-4-7-22(8-5-13)15(16-3-2-9-23-16)11-19-17-14-6-10-24-18(14)21-12-20-17/h2-3,6,9-10,12-13,15H,4-5,7-8,11H2,1H3,(H,19,20,21)/t15-/m0/s1. The number of nitrogens with zero attached hydrogens (tertiary/aromatic N) is 3. The Kier molecular flexibility index (Phi) is 4.78. The first-order chi connectivity index (χ1) is 11.8. The van der Waals surface area contributed by atoms with Gasteiger partial charge in [-0.2, -0.15) is 0 Å². The van der Waals surface area contributed by atoms with Crippen LogP contribution in [0.1, 0.15) is 30.7 Å². The summed E-state index contributed by atoms with van der Waals surface area (Å²) in [5.74, 6) is 1.80. The molecule has 0 amide bonds. The zero-order chi connectivity index (χ0) is 16.4. The quantitative estimate of drug-likeness (QED) is 0.721. The molecule has 1 atom stereocenters. The van der Waals surface area contributed by atoms with Gasteiger partial charge in [0.25, 0.3) is 0 Å². The van der Waals surface area contributed by atoms with E-state index in [4.69, 9.17) is 0 Å². The Morgan fingerprint density at radius 1 is 1.21 bits per heavy atom. The summed E-state index contributed by atoms with van der Waals surface area (Å²) >= 11 is 3.52. The molecule has 0 saturated carbocycles. The Morgan fingerprint density at radius 2 is 2.08 bits per heavy atom. The van der Waals surface area contributed by atoms with Crippen LogP contribution < -0.4 is 5.32 Å². The first-order valence-corrected chi connectivity index (χ1v) is 10.3. The van der Waals surface area contributed by atoms with Crippen molar-refractivity contribution in [2.75, 3.05) is 25.0 Å². The second-order valence-corrected chi connectivity index (χ2v) is 8.37. The monoisotopic (exact) mass is 358 g/mol. The number of rotatable bonds is 5. The lowest BCUT2D eigenvalue weighted by molar-refractivity contribution is 0.145. The van der Waals surface area contributed by atoms with E-state index in [2.05, 4.69) is 56.1 Å². The average Bonchev–Trinajstić information content (AvgIpc) is 3.28. The van der Waals surface area contributed by atoms with Crippen molar-refractivity contribution in [2.24, 2.45) is 5.92 Å². The van der Waals surface area contributed by atoms with E-state index >= 15 is 0 Å². The number of likely N-dealkylation sites (tertiary alicyclic amines) is 1. The van der Waals surface area contributed by atoms with Gasteiger partial charge in [-0.25, -0.2) is 9.97 Å². The number of thiophene rings is 2. The van der Waals surface area contributed by atoms with Crippen molar-refractivity contribution in [1.29, 1.82) is 0 Å². The van der Waals surface area contributed by atoms with Crippen LogP contribution in [0.15, 0.2) is 35.3 Å². The molecule has 0 spiro atoms. The Hall–Kier alpha value is -1.50. The molecule has 1 fully saturated rings. The third kappa shape index (κ3) is 3.31. The summed E-state index contributed by atoms with van der Waals surface area (Å²) in [5.41, 5.74) is 0. The maximum Gasteiger partial charge on any atom is 0.138 e. The van der Waals surface area contributed by atoms with E-state index in [1.165, 1.54) is 30.8 Å². The van der Waals surface area contributed by atoms with E-state index < -0.39 is 0 Å². The molecular formula is C18H22N4S2. The summed E-state index contributed by atoms with van der Waals surface area (Å²) in [5, 5.41) is 8.97. The maximum atomic E-state index is 4.46. The highest BCUT2D eigenvalue weighted by Gasteiger charge is 2.25. The first-order valence-electron chi connectivity index (χ1n) is 8.51. The molecule has 1 aliphatic rings. The molecule has 126 valence electrons. The lowest BCUT2D eigenvalue weighted by Gasteiger charge is -2.36. The summed E-state index contributed by atoms with van der Waals surface area (Å²) in [6.07, 6.45) is 4.25. The van der Waals surface area contributed by atoms with Crippen LogP contribution in [0.25, 0.3) is 10.2 Å². The Balaban J connectivity index is 1.53. The normalized spacial score (nSPS) is 18.0. The number of anilines is 1. The zero-order valence-electron chi connectivity index (χ0n) is 13.8. The van der Waals surface area contributed by atoms with Gasteiger partial charge in [0.15, 0.2) is 0 Å². The van der Waals surface area contributed by atoms with Crippen LogP contribution in [0, 0.1) is 5.92 Å². The van der Waals surface area contributed by atoms with Gasteiger partial charge in [-0.15, -0.1) is 22.7 Å². The number of fused-ring (bicyclic) bond motifs is 1. The molecule has 4 nitrogen and oxygen atoms in total. The molecule has 1 saturated heterocycles. The van der Waals surface area contributed by atoms with Crippen LogP contribution in [0.4, 0.5) is 5.82 Å². The fourth-order valence-corrected chi connectivity index (χ4v) is 4.95. The third-order valence-electron chi connectivity index (χ3n) is 4.86. The number of hydrogen-bond donors (Lipinski definition) is 1. The summed E-state index contributed by atoms with van der Waals surface area (Å²) < 4.78 is 0. The van der Waals surface area contributed by atoms with E-state index in [0.717, 1.165) is 28.5 Å². The molecule has 0 bridgehead atoms. The van der Waals surface area contributed by atoms with E-state index in [1.807, 2.05) is 11.3 Å². The van der Waals surface area contributed by atoms with Crippen molar-refractivity contribution in [1.82, 2.24) is 14.9 Å². The lowest BCUT2D eigenvalue weighted by atomic mass is 9.97. The van der Waals surface area contributed by atoms with Gasteiger partial charge in [0.1, 0.15) is 17.0 Å². The van der Waals surface area contributed by atoms with E-state index in [1.54, 1.807) is 17.7 Å². The van der Waals surface area contributed by atoms with Gasteiger partial charge in [-0.1, -0.05) is 13.0 Å². The average molecular weight is 359 g/mol. The van der Waals surface area contributed by atoms with Crippen LogP contribution >= 0.6 is 22.7 Å². The Morgan fingerprint density at radius 3 is 2.88 bits per heavy atom. The second kappa shape index (κ2) is 7.17. The molecule has 6 heteroatoms. The van der Waals surface area contributed by atoms with Gasteiger partial charge in [-0.05, 0) is 54.7 Å². The van der Waals surface area contributed by atoms with Gasteiger partial charge in [-0.3, -0.25) is 4.90 Å². The molecule has 24 heavy (non-hydrogen) atoms. The molecule has 0 radical (unpaired) electrons. The van der Waals surface area contributed by atoms with Crippen molar-refractivity contribution in [3.05, 3.63) is 40.2 Å². The van der Waals surface area contributed by atoms with Gasteiger partial charge in [0.2, 0.25) is 0 Å². The fraction of sp³-hybridized carbons (Fsp3) is 0.444. The van der Waals surface area contributed by atoms with Crippen LogP contribution in [0.5, 0.6) is 0 Å². The molecule has 4 rings (SSSR count). The van der Waals surface area contributed by atoms with Crippen LogP contribution in [0.3, 0.4) is 0 Å². The smallest absolute Gasteiger partial charge is 0.138 e.